The van der Waals surface area contributed by atoms with Gasteiger partial charge in [0.2, 0.25) is 0 Å². The summed E-state index contributed by atoms with van der Waals surface area (Å²) in [5, 5.41) is 25.3. The molecule has 0 fully saturated rings. The number of nitro groups is 1. The highest BCUT2D eigenvalue weighted by atomic mass is 16.6. The number of carbonyl (C=O) groups is 1. The topological polar surface area (TPSA) is 137 Å². The van der Waals surface area contributed by atoms with E-state index in [1.807, 2.05) is 12.1 Å². The summed E-state index contributed by atoms with van der Waals surface area (Å²) in [5.41, 5.74) is 8.00. The van der Waals surface area contributed by atoms with Crippen LogP contribution in [0.4, 0.5) is 11.4 Å². The molecule has 2 heterocycles. The van der Waals surface area contributed by atoms with Crippen LogP contribution >= 0.6 is 0 Å². The van der Waals surface area contributed by atoms with Gasteiger partial charge in [-0.15, -0.1) is 0 Å². The van der Waals surface area contributed by atoms with Crippen LogP contribution in [0.3, 0.4) is 0 Å². The maximum absolute atomic E-state index is 12.7. The third-order valence-corrected chi connectivity index (χ3v) is 4.22. The van der Waals surface area contributed by atoms with Crippen molar-refractivity contribution < 1.29 is 14.8 Å². The van der Waals surface area contributed by atoms with E-state index in [1.54, 1.807) is 18.2 Å². The van der Waals surface area contributed by atoms with Crippen LogP contribution in [0, 0.1) is 10.1 Å². The lowest BCUT2D eigenvalue weighted by Gasteiger charge is -2.04. The van der Waals surface area contributed by atoms with Crippen LogP contribution in [0.1, 0.15) is 15.9 Å². The number of aromatic hydroxyl groups is 1. The van der Waals surface area contributed by atoms with E-state index in [4.69, 9.17) is 5.73 Å². The van der Waals surface area contributed by atoms with Crippen LogP contribution in [0.15, 0.2) is 60.9 Å². The number of benzene rings is 2. The fraction of sp³-hybridized carbons (Fsp3) is 0. The van der Waals surface area contributed by atoms with Gasteiger partial charge in [0.05, 0.1) is 21.7 Å². The van der Waals surface area contributed by atoms with E-state index in [0.29, 0.717) is 17.0 Å². The first-order valence-electron chi connectivity index (χ1n) is 8.16. The summed E-state index contributed by atoms with van der Waals surface area (Å²) in [7, 11) is 0. The fourth-order valence-electron chi connectivity index (χ4n) is 2.76. The summed E-state index contributed by atoms with van der Waals surface area (Å²) in [6, 6.07) is 12.2. The number of nitrogens with two attached hydrogens (primary N) is 1. The lowest BCUT2D eigenvalue weighted by atomic mass is 10.0. The highest BCUT2D eigenvalue weighted by molar-refractivity contribution is 6.10. The minimum absolute atomic E-state index is 0.134. The van der Waals surface area contributed by atoms with Gasteiger partial charge in [-0.3, -0.25) is 14.9 Å². The van der Waals surface area contributed by atoms with E-state index in [9.17, 15) is 20.0 Å². The average molecular weight is 375 g/mol. The molecule has 0 aliphatic rings. The standard InChI is InChI=1S/C19H13N5O4/c20-13-3-1-11(2-4-13)16-8-18-21-9-12(10-23(18)22-16)19(26)15-7-14(24(27)28)5-6-17(15)25/h1-10,25H,20H2. The van der Waals surface area contributed by atoms with Gasteiger partial charge in [0.15, 0.2) is 11.4 Å². The molecule has 2 aromatic carbocycles. The number of phenolic OH excluding ortho intramolecular Hbond substituents is 1. The zero-order chi connectivity index (χ0) is 19.8. The first kappa shape index (κ1) is 17.2. The summed E-state index contributed by atoms with van der Waals surface area (Å²) >= 11 is 0. The molecule has 9 heteroatoms. The van der Waals surface area contributed by atoms with Crippen molar-refractivity contribution in [2.75, 3.05) is 5.73 Å². The number of nitro benzene ring substituents is 1. The van der Waals surface area contributed by atoms with Gasteiger partial charge in [0, 0.05) is 41.8 Å². The SMILES string of the molecule is Nc1ccc(-c2cc3ncc(C(=O)c4cc([N+](=O)[O-])ccc4O)cn3n2)cc1. The number of ketones is 1. The smallest absolute Gasteiger partial charge is 0.270 e. The monoisotopic (exact) mass is 375 g/mol. The van der Waals surface area contributed by atoms with Crippen molar-refractivity contribution in [3.63, 3.8) is 0 Å². The van der Waals surface area contributed by atoms with Crippen molar-refractivity contribution in [3.8, 4) is 17.0 Å². The van der Waals surface area contributed by atoms with Crippen molar-refractivity contribution in [2.45, 2.75) is 0 Å². The van der Waals surface area contributed by atoms with Gasteiger partial charge in [0.1, 0.15) is 5.75 Å². The van der Waals surface area contributed by atoms with Gasteiger partial charge in [0.25, 0.3) is 5.69 Å². The molecule has 0 amide bonds. The second-order valence-corrected chi connectivity index (χ2v) is 6.08. The van der Waals surface area contributed by atoms with Crippen molar-refractivity contribution in [3.05, 3.63) is 82.2 Å². The molecule has 3 N–H and O–H groups in total. The van der Waals surface area contributed by atoms with Crippen molar-refractivity contribution in [1.82, 2.24) is 14.6 Å². The third kappa shape index (κ3) is 3.01. The third-order valence-electron chi connectivity index (χ3n) is 4.22. The molecular weight excluding hydrogens is 362 g/mol. The first-order chi connectivity index (χ1) is 13.4. The number of aromatic nitrogens is 3. The zero-order valence-electron chi connectivity index (χ0n) is 14.3. The lowest BCUT2D eigenvalue weighted by molar-refractivity contribution is -0.384. The normalized spacial score (nSPS) is 10.9. The van der Waals surface area contributed by atoms with Crippen molar-refractivity contribution >= 4 is 22.8 Å². The second kappa shape index (κ2) is 6.47. The van der Waals surface area contributed by atoms with Crippen molar-refractivity contribution in [1.29, 1.82) is 0 Å². The summed E-state index contributed by atoms with van der Waals surface area (Å²) in [4.78, 5) is 27.2. The zero-order valence-corrected chi connectivity index (χ0v) is 14.3. The molecule has 0 saturated heterocycles. The van der Waals surface area contributed by atoms with Gasteiger partial charge in [-0.2, -0.15) is 5.10 Å². The van der Waals surface area contributed by atoms with E-state index >= 15 is 0 Å². The summed E-state index contributed by atoms with van der Waals surface area (Å²) < 4.78 is 1.44. The highest BCUT2D eigenvalue weighted by Gasteiger charge is 2.19. The number of non-ortho nitro benzene ring substituents is 1. The summed E-state index contributed by atoms with van der Waals surface area (Å²) in [6.07, 6.45) is 2.80. The minimum Gasteiger partial charge on any atom is -0.507 e. The molecule has 28 heavy (non-hydrogen) atoms. The molecule has 0 aliphatic carbocycles. The Morgan fingerprint density at radius 2 is 1.89 bits per heavy atom. The van der Waals surface area contributed by atoms with Gasteiger partial charge in [-0.05, 0) is 18.2 Å². The molecule has 4 aromatic rings. The molecule has 0 saturated carbocycles. The molecule has 0 spiro atoms. The average Bonchev–Trinajstić information content (AvgIpc) is 3.11. The van der Waals surface area contributed by atoms with Crippen LogP contribution in [0.2, 0.25) is 0 Å². The molecule has 0 radical (unpaired) electrons. The molecular formula is C19H13N5O4. The van der Waals surface area contributed by atoms with Gasteiger partial charge < -0.3 is 10.8 Å². The lowest BCUT2D eigenvalue weighted by Crippen LogP contribution is -2.05. The van der Waals surface area contributed by atoms with Crippen LogP contribution in [0.25, 0.3) is 16.9 Å². The molecule has 4 rings (SSSR count). The Kier molecular flexibility index (Phi) is 3.96. The Morgan fingerprint density at radius 3 is 2.61 bits per heavy atom. The van der Waals surface area contributed by atoms with Crippen LogP contribution in [-0.2, 0) is 0 Å². The molecule has 9 nitrogen and oxygen atoms in total. The minimum atomic E-state index is -0.635. The Hall–Kier alpha value is -4.27. The number of nitrogens with zero attached hydrogens (tertiary/aromatic N) is 4. The first-order valence-corrected chi connectivity index (χ1v) is 8.16. The van der Waals surface area contributed by atoms with E-state index in [-0.39, 0.29) is 22.6 Å². The summed E-state index contributed by atoms with van der Waals surface area (Å²) in [5.74, 6) is -0.945. The predicted molar refractivity (Wildman–Crippen MR) is 101 cm³/mol. The maximum Gasteiger partial charge on any atom is 0.270 e. The van der Waals surface area contributed by atoms with E-state index in [0.717, 1.165) is 23.8 Å². The fourth-order valence-corrected chi connectivity index (χ4v) is 2.76. The van der Waals surface area contributed by atoms with Gasteiger partial charge >= 0.3 is 0 Å². The Labute approximate surface area is 157 Å². The maximum atomic E-state index is 12.7. The number of phenols is 1. The largest absolute Gasteiger partial charge is 0.507 e. The number of hydrogen-bond acceptors (Lipinski definition) is 7. The van der Waals surface area contributed by atoms with E-state index in [2.05, 4.69) is 10.1 Å². The number of fused-ring (bicyclic) bond motifs is 1. The van der Waals surface area contributed by atoms with Crippen LogP contribution in [-0.4, -0.2) is 30.4 Å². The Balaban J connectivity index is 1.74. The molecule has 0 aliphatic heterocycles. The molecule has 138 valence electrons. The number of anilines is 1. The highest BCUT2D eigenvalue weighted by Crippen LogP contribution is 2.26. The number of carbonyl (C=O) groups excluding carboxylic acids is 1. The van der Waals surface area contributed by atoms with Gasteiger partial charge in [-0.25, -0.2) is 9.50 Å². The molecule has 2 aromatic heterocycles. The number of rotatable bonds is 4. The predicted octanol–water partition coefficient (Wildman–Crippen LogP) is 2.82. The van der Waals surface area contributed by atoms with Gasteiger partial charge in [-0.1, -0.05) is 12.1 Å². The number of hydrogen-bond donors (Lipinski definition) is 2. The molecule has 0 bridgehead atoms. The van der Waals surface area contributed by atoms with Crippen molar-refractivity contribution in [2.24, 2.45) is 0 Å². The molecule has 0 unspecified atom stereocenters. The van der Waals surface area contributed by atoms with Crippen LogP contribution in [0.5, 0.6) is 5.75 Å². The van der Waals surface area contributed by atoms with Crippen LogP contribution < -0.4 is 5.73 Å². The summed E-state index contributed by atoms with van der Waals surface area (Å²) in [6.45, 7) is 0. The molecule has 0 atom stereocenters. The quantitative estimate of drug-likeness (QED) is 0.242. The number of nitrogen functional groups attached to an aromatic ring is 1. The van der Waals surface area contributed by atoms with E-state index < -0.39 is 10.7 Å². The van der Waals surface area contributed by atoms with E-state index in [1.165, 1.54) is 16.9 Å². The second-order valence-electron chi connectivity index (χ2n) is 6.08. The Morgan fingerprint density at radius 1 is 1.14 bits per heavy atom. The Bertz CT molecular complexity index is 1230.